The summed E-state index contributed by atoms with van der Waals surface area (Å²) in [6.45, 7) is 8.68. The first-order chi connectivity index (χ1) is 14.8. The first-order valence-electron chi connectivity index (χ1n) is 10.2. The SMILES string of the molecule is Cc1ccc(CN)c(CNC(=O)Cc2c(C)ccn(NCc3c(C)noc3C)c2=O)c1. The molecule has 8 nitrogen and oxygen atoms in total. The Morgan fingerprint density at radius 3 is 2.55 bits per heavy atom. The molecule has 1 amide bonds. The van der Waals surface area contributed by atoms with Gasteiger partial charge in [0.2, 0.25) is 5.91 Å². The van der Waals surface area contributed by atoms with Gasteiger partial charge < -0.3 is 21.0 Å². The number of aryl methyl sites for hydroxylation is 4. The first-order valence-corrected chi connectivity index (χ1v) is 10.2. The zero-order valence-corrected chi connectivity index (χ0v) is 18.4. The Kier molecular flexibility index (Phi) is 6.91. The minimum absolute atomic E-state index is 0.00226. The Balaban J connectivity index is 1.70. The van der Waals surface area contributed by atoms with Crippen LogP contribution in [0.5, 0.6) is 0 Å². The summed E-state index contributed by atoms with van der Waals surface area (Å²) in [6, 6.07) is 7.81. The Labute approximate surface area is 181 Å². The van der Waals surface area contributed by atoms with E-state index in [2.05, 4.69) is 15.9 Å². The lowest BCUT2D eigenvalue weighted by Crippen LogP contribution is -2.34. The zero-order chi connectivity index (χ0) is 22.5. The van der Waals surface area contributed by atoms with Crippen molar-refractivity contribution in [3.8, 4) is 0 Å². The third-order valence-electron chi connectivity index (χ3n) is 5.43. The number of rotatable bonds is 8. The van der Waals surface area contributed by atoms with Gasteiger partial charge in [-0.25, -0.2) is 4.68 Å². The molecule has 164 valence electrons. The monoisotopic (exact) mass is 423 g/mol. The summed E-state index contributed by atoms with van der Waals surface area (Å²) in [5, 5.41) is 6.83. The third-order valence-corrected chi connectivity index (χ3v) is 5.43. The number of nitrogens with two attached hydrogens (primary N) is 1. The number of carbonyl (C=O) groups excluding carboxylic acids is 1. The summed E-state index contributed by atoms with van der Waals surface area (Å²) < 4.78 is 6.56. The quantitative estimate of drug-likeness (QED) is 0.511. The van der Waals surface area contributed by atoms with E-state index in [0.717, 1.165) is 33.5 Å². The largest absolute Gasteiger partial charge is 0.361 e. The van der Waals surface area contributed by atoms with Crippen LogP contribution in [0.3, 0.4) is 0 Å². The van der Waals surface area contributed by atoms with Gasteiger partial charge in [-0.1, -0.05) is 28.9 Å². The number of nitrogens with zero attached hydrogens (tertiary/aromatic N) is 2. The van der Waals surface area contributed by atoms with Crippen molar-refractivity contribution in [2.75, 3.05) is 5.43 Å². The first kappa shape index (κ1) is 22.3. The number of hydrogen-bond donors (Lipinski definition) is 3. The highest BCUT2D eigenvalue weighted by Gasteiger charge is 2.14. The summed E-state index contributed by atoms with van der Waals surface area (Å²) in [5.41, 5.74) is 14.6. The highest BCUT2D eigenvalue weighted by Crippen LogP contribution is 2.13. The van der Waals surface area contributed by atoms with Gasteiger partial charge in [0.1, 0.15) is 5.76 Å². The topological polar surface area (TPSA) is 115 Å². The normalized spacial score (nSPS) is 10.9. The van der Waals surface area contributed by atoms with Crippen LogP contribution in [0.2, 0.25) is 0 Å². The predicted molar refractivity (Wildman–Crippen MR) is 119 cm³/mol. The van der Waals surface area contributed by atoms with Crippen LogP contribution >= 0.6 is 0 Å². The fraction of sp³-hybridized carbons (Fsp3) is 0.348. The zero-order valence-electron chi connectivity index (χ0n) is 18.4. The fourth-order valence-electron chi connectivity index (χ4n) is 3.46. The lowest BCUT2D eigenvalue weighted by atomic mass is 10.0. The molecule has 2 heterocycles. The Hall–Kier alpha value is -3.39. The highest BCUT2D eigenvalue weighted by molar-refractivity contribution is 5.78. The van der Waals surface area contributed by atoms with Crippen LogP contribution in [0.15, 0.2) is 39.8 Å². The number of amides is 1. The van der Waals surface area contributed by atoms with Crippen LogP contribution < -0.4 is 22.0 Å². The molecule has 0 spiro atoms. The average Bonchev–Trinajstić information content (AvgIpc) is 3.06. The van der Waals surface area contributed by atoms with Crippen molar-refractivity contribution >= 4 is 5.91 Å². The highest BCUT2D eigenvalue weighted by atomic mass is 16.5. The second kappa shape index (κ2) is 9.61. The molecular formula is C23H29N5O3. The average molecular weight is 424 g/mol. The van der Waals surface area contributed by atoms with E-state index in [-0.39, 0.29) is 17.9 Å². The molecule has 0 radical (unpaired) electrons. The maximum absolute atomic E-state index is 12.9. The number of hydrogen-bond acceptors (Lipinski definition) is 6. The Bertz CT molecular complexity index is 1130. The van der Waals surface area contributed by atoms with Crippen molar-refractivity contribution in [2.45, 2.75) is 53.8 Å². The molecule has 31 heavy (non-hydrogen) atoms. The van der Waals surface area contributed by atoms with Gasteiger partial charge in [-0.05, 0) is 50.5 Å². The van der Waals surface area contributed by atoms with Gasteiger partial charge in [0.25, 0.3) is 5.56 Å². The molecule has 0 aliphatic heterocycles. The van der Waals surface area contributed by atoms with E-state index in [0.29, 0.717) is 31.0 Å². The summed E-state index contributed by atoms with van der Waals surface area (Å²) in [6.07, 6.45) is 1.67. The van der Waals surface area contributed by atoms with Crippen LogP contribution in [-0.4, -0.2) is 15.7 Å². The van der Waals surface area contributed by atoms with Gasteiger partial charge in [-0.3, -0.25) is 9.59 Å². The maximum atomic E-state index is 12.9. The van der Waals surface area contributed by atoms with E-state index >= 15 is 0 Å². The van der Waals surface area contributed by atoms with Crippen LogP contribution in [0.25, 0.3) is 0 Å². The van der Waals surface area contributed by atoms with E-state index in [9.17, 15) is 9.59 Å². The number of pyridine rings is 1. The Morgan fingerprint density at radius 2 is 1.87 bits per heavy atom. The van der Waals surface area contributed by atoms with Gasteiger partial charge in [0, 0.05) is 30.4 Å². The van der Waals surface area contributed by atoms with Crippen LogP contribution in [0.1, 0.15) is 44.8 Å². The fourth-order valence-corrected chi connectivity index (χ4v) is 3.46. The number of carbonyl (C=O) groups is 1. The summed E-state index contributed by atoms with van der Waals surface area (Å²) in [7, 11) is 0. The molecular weight excluding hydrogens is 394 g/mol. The molecule has 1 aromatic carbocycles. The molecule has 0 saturated heterocycles. The number of nitrogens with one attached hydrogen (secondary N) is 2. The van der Waals surface area contributed by atoms with Gasteiger partial charge in [-0.15, -0.1) is 0 Å². The molecule has 0 bridgehead atoms. The van der Waals surface area contributed by atoms with Crippen molar-refractivity contribution in [1.82, 2.24) is 15.1 Å². The van der Waals surface area contributed by atoms with Crippen molar-refractivity contribution in [3.05, 3.63) is 85.7 Å². The molecule has 4 N–H and O–H groups in total. The summed E-state index contributed by atoms with van der Waals surface area (Å²) in [4.78, 5) is 25.5. The molecule has 0 atom stereocenters. The van der Waals surface area contributed by atoms with E-state index < -0.39 is 0 Å². The van der Waals surface area contributed by atoms with E-state index in [1.807, 2.05) is 52.0 Å². The van der Waals surface area contributed by atoms with Crippen LogP contribution in [0.4, 0.5) is 0 Å². The Morgan fingerprint density at radius 1 is 1.10 bits per heavy atom. The van der Waals surface area contributed by atoms with E-state index in [4.69, 9.17) is 10.3 Å². The van der Waals surface area contributed by atoms with Crippen molar-refractivity contribution in [2.24, 2.45) is 5.73 Å². The molecule has 0 saturated carbocycles. The van der Waals surface area contributed by atoms with Crippen molar-refractivity contribution in [3.63, 3.8) is 0 Å². The van der Waals surface area contributed by atoms with E-state index in [1.165, 1.54) is 4.68 Å². The van der Waals surface area contributed by atoms with Crippen molar-refractivity contribution in [1.29, 1.82) is 0 Å². The third kappa shape index (κ3) is 5.21. The molecule has 0 aliphatic carbocycles. The summed E-state index contributed by atoms with van der Waals surface area (Å²) >= 11 is 0. The standard InChI is InChI=1S/C23H29N5O3/c1-14-5-6-18(11-24)19(9-14)12-25-22(29)10-20-15(2)7-8-28(23(20)30)26-13-21-16(3)27-31-17(21)4/h5-9,26H,10-13,24H2,1-4H3,(H,25,29). The second-order valence-electron chi connectivity index (χ2n) is 7.72. The maximum Gasteiger partial charge on any atom is 0.272 e. The second-order valence-corrected chi connectivity index (χ2v) is 7.72. The molecule has 0 fully saturated rings. The van der Waals surface area contributed by atoms with Gasteiger partial charge >= 0.3 is 0 Å². The molecule has 2 aromatic heterocycles. The molecule has 0 aliphatic rings. The predicted octanol–water partition coefficient (Wildman–Crippen LogP) is 2.13. The minimum Gasteiger partial charge on any atom is -0.361 e. The molecule has 0 unspecified atom stereocenters. The molecule has 8 heteroatoms. The van der Waals surface area contributed by atoms with Gasteiger partial charge in [0.05, 0.1) is 18.7 Å². The van der Waals surface area contributed by atoms with Crippen molar-refractivity contribution < 1.29 is 9.32 Å². The van der Waals surface area contributed by atoms with E-state index in [1.54, 1.807) is 6.20 Å². The number of benzene rings is 1. The molecule has 3 rings (SSSR count). The lowest BCUT2D eigenvalue weighted by molar-refractivity contribution is -0.120. The summed E-state index contributed by atoms with van der Waals surface area (Å²) in [5.74, 6) is 0.492. The van der Waals surface area contributed by atoms with Gasteiger partial charge in [-0.2, -0.15) is 0 Å². The van der Waals surface area contributed by atoms with Crippen LogP contribution in [-0.2, 0) is 30.8 Å². The molecule has 3 aromatic rings. The minimum atomic E-state index is -0.250. The van der Waals surface area contributed by atoms with Gasteiger partial charge in [0.15, 0.2) is 0 Å². The lowest BCUT2D eigenvalue weighted by Gasteiger charge is -2.14. The van der Waals surface area contributed by atoms with Crippen LogP contribution in [0, 0.1) is 27.7 Å². The number of aromatic nitrogens is 2. The smallest absolute Gasteiger partial charge is 0.272 e.